The first-order valence-corrected chi connectivity index (χ1v) is 7.95. The molecule has 0 bridgehead atoms. The molecule has 0 saturated heterocycles. The molecule has 1 aliphatic carbocycles. The summed E-state index contributed by atoms with van der Waals surface area (Å²) >= 11 is 0. The number of benzene rings is 1. The van der Waals surface area contributed by atoms with Crippen molar-refractivity contribution in [1.29, 1.82) is 0 Å². The fourth-order valence-corrected chi connectivity index (χ4v) is 3.07. The topological polar surface area (TPSA) is 30.5 Å². The second-order valence-corrected chi connectivity index (χ2v) is 6.22. The van der Waals surface area contributed by atoms with E-state index in [0.717, 1.165) is 55.2 Å². The fourth-order valence-electron chi connectivity index (χ4n) is 3.07. The van der Waals surface area contributed by atoms with Gasteiger partial charge in [-0.05, 0) is 36.8 Å². The lowest BCUT2D eigenvalue weighted by Gasteiger charge is -2.26. The summed E-state index contributed by atoms with van der Waals surface area (Å²) in [7, 11) is 0. The molecule has 0 radical (unpaired) electrons. The van der Waals surface area contributed by atoms with Crippen LogP contribution in [0.4, 0.5) is 5.69 Å². The van der Waals surface area contributed by atoms with Crippen molar-refractivity contribution >= 4 is 5.69 Å². The fraction of sp³-hybridized carbons (Fsp3) is 0.647. The number of hydrogen-bond donors (Lipinski definition) is 1. The number of ether oxygens (including phenoxy) is 2. The largest absolute Gasteiger partial charge is 0.490 e. The molecule has 1 fully saturated rings. The van der Waals surface area contributed by atoms with Crippen molar-refractivity contribution in [2.75, 3.05) is 25.1 Å². The molecule has 1 N–H and O–H groups in total. The summed E-state index contributed by atoms with van der Waals surface area (Å²) in [5.41, 5.74) is 1.15. The van der Waals surface area contributed by atoms with E-state index in [0.29, 0.717) is 0 Å². The number of fused-ring (bicyclic) bond motifs is 1. The second-order valence-electron chi connectivity index (χ2n) is 6.22. The zero-order chi connectivity index (χ0) is 13.8. The van der Waals surface area contributed by atoms with Gasteiger partial charge in [-0.15, -0.1) is 0 Å². The minimum Gasteiger partial charge on any atom is -0.490 e. The molecule has 2 aliphatic rings. The van der Waals surface area contributed by atoms with Gasteiger partial charge in [0.1, 0.15) is 0 Å². The van der Waals surface area contributed by atoms with Gasteiger partial charge in [0.05, 0.1) is 13.2 Å². The van der Waals surface area contributed by atoms with Gasteiger partial charge in [-0.25, -0.2) is 0 Å². The van der Waals surface area contributed by atoms with E-state index in [1.165, 1.54) is 25.7 Å². The van der Waals surface area contributed by atoms with Crippen molar-refractivity contribution in [3.63, 3.8) is 0 Å². The molecule has 3 heteroatoms. The Labute approximate surface area is 121 Å². The van der Waals surface area contributed by atoms with Gasteiger partial charge in [0.2, 0.25) is 0 Å². The van der Waals surface area contributed by atoms with E-state index < -0.39 is 0 Å². The maximum absolute atomic E-state index is 5.73. The van der Waals surface area contributed by atoms with Crippen molar-refractivity contribution < 1.29 is 9.47 Å². The molecule has 3 nitrogen and oxygen atoms in total. The summed E-state index contributed by atoms with van der Waals surface area (Å²) in [6.07, 6.45) is 6.44. The Bertz CT molecular complexity index is 439. The molecule has 0 spiro atoms. The monoisotopic (exact) mass is 275 g/mol. The van der Waals surface area contributed by atoms with Crippen molar-refractivity contribution in [2.24, 2.45) is 11.8 Å². The van der Waals surface area contributed by atoms with E-state index in [4.69, 9.17) is 9.47 Å². The van der Waals surface area contributed by atoms with Crippen LogP contribution in [0.5, 0.6) is 11.5 Å². The first-order chi connectivity index (χ1) is 9.81. The van der Waals surface area contributed by atoms with E-state index in [9.17, 15) is 0 Å². The average molecular weight is 275 g/mol. The highest BCUT2D eigenvalue weighted by atomic mass is 16.5. The molecule has 0 aromatic heterocycles. The summed E-state index contributed by atoms with van der Waals surface area (Å²) in [4.78, 5) is 0. The van der Waals surface area contributed by atoms with Crippen LogP contribution >= 0.6 is 0 Å². The smallest absolute Gasteiger partial charge is 0.163 e. The third kappa shape index (κ3) is 3.38. The van der Waals surface area contributed by atoms with Crippen molar-refractivity contribution in [3.05, 3.63) is 18.2 Å². The Balaban J connectivity index is 1.56. The maximum atomic E-state index is 5.73. The Morgan fingerprint density at radius 2 is 1.80 bits per heavy atom. The number of rotatable bonds is 3. The van der Waals surface area contributed by atoms with Gasteiger partial charge in [-0.2, -0.15) is 0 Å². The molecule has 0 amide bonds. The zero-order valence-corrected chi connectivity index (χ0v) is 12.4. The number of hydrogen-bond acceptors (Lipinski definition) is 3. The first kappa shape index (κ1) is 13.6. The minimum absolute atomic E-state index is 0.747. The van der Waals surface area contributed by atoms with E-state index in [-0.39, 0.29) is 0 Å². The summed E-state index contributed by atoms with van der Waals surface area (Å²) in [5, 5.41) is 3.56. The molecule has 0 atom stereocenters. The van der Waals surface area contributed by atoms with Crippen LogP contribution in [-0.4, -0.2) is 19.8 Å². The normalized spacial score (nSPS) is 25.9. The van der Waals surface area contributed by atoms with Crippen LogP contribution in [0, 0.1) is 11.8 Å². The lowest BCUT2D eigenvalue weighted by Crippen LogP contribution is -2.20. The van der Waals surface area contributed by atoms with Gasteiger partial charge < -0.3 is 14.8 Å². The van der Waals surface area contributed by atoms with Crippen molar-refractivity contribution in [2.45, 2.75) is 39.0 Å². The molecule has 1 aromatic carbocycles. The molecule has 0 unspecified atom stereocenters. The Morgan fingerprint density at radius 3 is 2.60 bits per heavy atom. The number of nitrogens with one attached hydrogen (secondary N) is 1. The van der Waals surface area contributed by atoms with Crippen LogP contribution in [-0.2, 0) is 0 Å². The van der Waals surface area contributed by atoms with Gasteiger partial charge in [-0.1, -0.05) is 19.8 Å². The van der Waals surface area contributed by atoms with Gasteiger partial charge in [-0.3, -0.25) is 0 Å². The van der Waals surface area contributed by atoms with Crippen LogP contribution < -0.4 is 14.8 Å². The maximum Gasteiger partial charge on any atom is 0.163 e. The molecular formula is C17H25NO2. The summed E-state index contributed by atoms with van der Waals surface area (Å²) in [5.74, 6) is 3.50. The lowest BCUT2D eigenvalue weighted by molar-refractivity contribution is 0.297. The van der Waals surface area contributed by atoms with Crippen LogP contribution in [0.15, 0.2) is 18.2 Å². The number of anilines is 1. The highest BCUT2D eigenvalue weighted by Gasteiger charge is 2.18. The second kappa shape index (κ2) is 6.38. The predicted molar refractivity (Wildman–Crippen MR) is 81.7 cm³/mol. The van der Waals surface area contributed by atoms with Gasteiger partial charge in [0, 0.05) is 24.7 Å². The molecule has 1 aliphatic heterocycles. The van der Waals surface area contributed by atoms with E-state index in [1.54, 1.807) is 0 Å². The Hall–Kier alpha value is -1.38. The van der Waals surface area contributed by atoms with Crippen LogP contribution in [0.25, 0.3) is 0 Å². The highest BCUT2D eigenvalue weighted by Crippen LogP contribution is 2.33. The van der Waals surface area contributed by atoms with Gasteiger partial charge in [0.15, 0.2) is 11.5 Å². The standard InChI is InChI=1S/C17H25NO2/c1-13-3-5-14(6-4-13)12-18-15-7-8-16-17(11-15)20-10-2-9-19-16/h7-8,11,13-14,18H,2-6,9-10,12H2,1H3. The summed E-state index contributed by atoms with van der Waals surface area (Å²) in [6, 6.07) is 6.19. The van der Waals surface area contributed by atoms with Crippen molar-refractivity contribution in [3.8, 4) is 11.5 Å². The van der Waals surface area contributed by atoms with Crippen molar-refractivity contribution in [1.82, 2.24) is 0 Å². The van der Waals surface area contributed by atoms with Crippen LogP contribution in [0.1, 0.15) is 39.0 Å². The van der Waals surface area contributed by atoms with E-state index >= 15 is 0 Å². The lowest BCUT2D eigenvalue weighted by atomic mass is 9.83. The molecular weight excluding hydrogens is 250 g/mol. The summed E-state index contributed by atoms with van der Waals surface area (Å²) in [6.45, 7) is 4.94. The van der Waals surface area contributed by atoms with Crippen LogP contribution in [0.2, 0.25) is 0 Å². The zero-order valence-electron chi connectivity index (χ0n) is 12.4. The third-order valence-corrected chi connectivity index (χ3v) is 4.48. The highest BCUT2D eigenvalue weighted by molar-refractivity contribution is 5.55. The average Bonchev–Trinajstić information content (AvgIpc) is 2.71. The van der Waals surface area contributed by atoms with Gasteiger partial charge in [0.25, 0.3) is 0 Å². The predicted octanol–water partition coefficient (Wildman–Crippen LogP) is 4.09. The minimum atomic E-state index is 0.747. The quantitative estimate of drug-likeness (QED) is 0.901. The Morgan fingerprint density at radius 1 is 1.05 bits per heavy atom. The third-order valence-electron chi connectivity index (χ3n) is 4.48. The molecule has 110 valence electrons. The molecule has 20 heavy (non-hydrogen) atoms. The molecule has 1 aromatic rings. The van der Waals surface area contributed by atoms with E-state index in [1.807, 2.05) is 6.07 Å². The molecule has 1 saturated carbocycles. The molecule has 1 heterocycles. The molecule has 3 rings (SSSR count). The SMILES string of the molecule is CC1CCC(CNc2ccc3c(c2)OCCCO3)CC1. The van der Waals surface area contributed by atoms with Gasteiger partial charge >= 0.3 is 0 Å². The van der Waals surface area contributed by atoms with E-state index in [2.05, 4.69) is 24.4 Å². The van der Waals surface area contributed by atoms with Crippen LogP contribution in [0.3, 0.4) is 0 Å². The summed E-state index contributed by atoms with van der Waals surface area (Å²) < 4.78 is 11.4. The first-order valence-electron chi connectivity index (χ1n) is 7.95. The Kier molecular flexibility index (Phi) is 4.34.